The minimum atomic E-state index is -0.406. The van der Waals surface area contributed by atoms with Crippen LogP contribution in [0.1, 0.15) is 44.7 Å². The number of carbonyl (C=O) groups excluding carboxylic acids is 1. The van der Waals surface area contributed by atoms with Crippen LogP contribution in [0.15, 0.2) is 18.2 Å². The van der Waals surface area contributed by atoms with Gasteiger partial charge in [-0.25, -0.2) is 0 Å². The summed E-state index contributed by atoms with van der Waals surface area (Å²) in [6.45, 7) is 5.75. The van der Waals surface area contributed by atoms with Gasteiger partial charge in [-0.05, 0) is 63.3 Å². The first-order valence-electron chi connectivity index (χ1n) is 6.84. The smallest absolute Gasteiger partial charge is 0.310 e. The SMILES string of the molecule is CC(C)(C)OC(=O)C1CC12CCc1ccc(Cl)cc12. The molecule has 0 radical (unpaired) electrons. The average molecular weight is 279 g/mol. The molecule has 2 aliphatic rings. The van der Waals surface area contributed by atoms with Crippen molar-refractivity contribution in [1.29, 1.82) is 0 Å². The maximum atomic E-state index is 12.2. The van der Waals surface area contributed by atoms with E-state index in [1.165, 1.54) is 11.1 Å². The van der Waals surface area contributed by atoms with Crippen LogP contribution >= 0.6 is 11.6 Å². The number of esters is 1. The van der Waals surface area contributed by atoms with Gasteiger partial charge in [-0.2, -0.15) is 0 Å². The predicted octanol–water partition coefficient (Wildman–Crippen LogP) is 3.89. The highest BCUT2D eigenvalue weighted by atomic mass is 35.5. The molecule has 1 spiro atoms. The van der Waals surface area contributed by atoms with Crippen LogP contribution in [-0.2, 0) is 21.4 Å². The summed E-state index contributed by atoms with van der Waals surface area (Å²) in [4.78, 5) is 12.2. The van der Waals surface area contributed by atoms with Crippen molar-refractivity contribution in [3.05, 3.63) is 34.3 Å². The van der Waals surface area contributed by atoms with Crippen LogP contribution in [0.5, 0.6) is 0 Å². The average Bonchev–Trinajstić information content (AvgIpc) is 2.90. The van der Waals surface area contributed by atoms with Gasteiger partial charge >= 0.3 is 5.97 Å². The Morgan fingerprint density at radius 2 is 2.16 bits per heavy atom. The number of hydrogen-bond acceptors (Lipinski definition) is 2. The van der Waals surface area contributed by atoms with E-state index in [-0.39, 0.29) is 17.3 Å². The molecule has 19 heavy (non-hydrogen) atoms. The summed E-state index contributed by atoms with van der Waals surface area (Å²) in [6, 6.07) is 6.06. The molecular formula is C16H19ClO2. The molecule has 1 saturated carbocycles. The van der Waals surface area contributed by atoms with E-state index < -0.39 is 5.60 Å². The monoisotopic (exact) mass is 278 g/mol. The maximum Gasteiger partial charge on any atom is 0.310 e. The van der Waals surface area contributed by atoms with E-state index in [0.29, 0.717) is 0 Å². The van der Waals surface area contributed by atoms with Crippen LogP contribution in [0.2, 0.25) is 5.02 Å². The molecule has 2 unspecified atom stereocenters. The Kier molecular flexibility index (Phi) is 2.72. The van der Waals surface area contributed by atoms with Gasteiger partial charge in [0.1, 0.15) is 5.60 Å². The third-order valence-corrected chi connectivity index (χ3v) is 4.45. The van der Waals surface area contributed by atoms with Gasteiger partial charge in [-0.3, -0.25) is 4.79 Å². The molecule has 0 amide bonds. The molecule has 3 rings (SSSR count). The number of rotatable bonds is 1. The number of fused-ring (bicyclic) bond motifs is 2. The van der Waals surface area contributed by atoms with Gasteiger partial charge in [-0.1, -0.05) is 17.7 Å². The fourth-order valence-corrected chi connectivity index (χ4v) is 3.46. The zero-order chi connectivity index (χ0) is 13.8. The number of benzene rings is 1. The Balaban J connectivity index is 1.83. The van der Waals surface area contributed by atoms with Crippen molar-refractivity contribution < 1.29 is 9.53 Å². The number of halogens is 1. The molecule has 0 aromatic heterocycles. The highest BCUT2D eigenvalue weighted by Gasteiger charge is 2.62. The molecule has 2 atom stereocenters. The van der Waals surface area contributed by atoms with Gasteiger partial charge < -0.3 is 4.74 Å². The van der Waals surface area contributed by atoms with Crippen molar-refractivity contribution in [2.75, 3.05) is 0 Å². The molecule has 102 valence electrons. The van der Waals surface area contributed by atoms with Crippen molar-refractivity contribution >= 4 is 17.6 Å². The fraction of sp³-hybridized carbons (Fsp3) is 0.562. The van der Waals surface area contributed by atoms with Gasteiger partial charge in [0.15, 0.2) is 0 Å². The highest BCUT2D eigenvalue weighted by molar-refractivity contribution is 6.30. The zero-order valence-electron chi connectivity index (χ0n) is 11.6. The minimum absolute atomic E-state index is 0.0164. The molecule has 3 heteroatoms. The minimum Gasteiger partial charge on any atom is -0.460 e. The Morgan fingerprint density at radius 1 is 1.42 bits per heavy atom. The quantitative estimate of drug-likeness (QED) is 0.729. The zero-order valence-corrected chi connectivity index (χ0v) is 12.4. The summed E-state index contributed by atoms with van der Waals surface area (Å²) in [5.74, 6) is -0.0354. The highest BCUT2D eigenvalue weighted by Crippen LogP contribution is 2.62. The fourth-order valence-electron chi connectivity index (χ4n) is 3.28. The van der Waals surface area contributed by atoms with Crippen molar-refractivity contribution in [3.63, 3.8) is 0 Å². The molecule has 0 aliphatic heterocycles. The first kappa shape index (κ1) is 13.0. The summed E-state index contributed by atoms with van der Waals surface area (Å²) >= 11 is 6.10. The van der Waals surface area contributed by atoms with Crippen LogP contribution in [0.3, 0.4) is 0 Å². The maximum absolute atomic E-state index is 12.2. The van der Waals surface area contributed by atoms with Crippen molar-refractivity contribution in [2.45, 2.75) is 51.0 Å². The standard InChI is InChI=1S/C16H19ClO2/c1-15(2,3)19-14(18)13-9-16(13)7-6-10-4-5-11(17)8-12(10)16/h4-5,8,13H,6-7,9H2,1-3H3. The van der Waals surface area contributed by atoms with Gasteiger partial charge in [-0.15, -0.1) is 0 Å². The normalized spacial score (nSPS) is 28.3. The van der Waals surface area contributed by atoms with E-state index in [2.05, 4.69) is 6.07 Å². The molecule has 2 nitrogen and oxygen atoms in total. The third kappa shape index (κ3) is 2.16. The Labute approximate surface area is 119 Å². The Morgan fingerprint density at radius 3 is 2.84 bits per heavy atom. The van der Waals surface area contributed by atoms with E-state index in [1.807, 2.05) is 32.9 Å². The predicted molar refractivity (Wildman–Crippen MR) is 75.4 cm³/mol. The summed E-state index contributed by atoms with van der Waals surface area (Å²) in [7, 11) is 0. The van der Waals surface area contributed by atoms with Crippen LogP contribution < -0.4 is 0 Å². The molecule has 0 saturated heterocycles. The van der Waals surface area contributed by atoms with Gasteiger partial charge in [0, 0.05) is 10.4 Å². The summed E-state index contributed by atoms with van der Waals surface area (Å²) in [6.07, 6.45) is 3.01. The summed E-state index contributed by atoms with van der Waals surface area (Å²) in [5, 5.41) is 0.759. The number of hydrogen-bond donors (Lipinski definition) is 0. The van der Waals surface area contributed by atoms with Crippen molar-refractivity contribution in [2.24, 2.45) is 5.92 Å². The van der Waals surface area contributed by atoms with Gasteiger partial charge in [0.2, 0.25) is 0 Å². The largest absolute Gasteiger partial charge is 0.460 e. The molecule has 0 heterocycles. The van der Waals surface area contributed by atoms with Crippen LogP contribution in [0, 0.1) is 5.92 Å². The van der Waals surface area contributed by atoms with Crippen LogP contribution in [-0.4, -0.2) is 11.6 Å². The van der Waals surface area contributed by atoms with Gasteiger partial charge in [0.05, 0.1) is 5.92 Å². The molecule has 0 bridgehead atoms. The lowest BCUT2D eigenvalue weighted by Gasteiger charge is -2.20. The summed E-state index contributed by atoms with van der Waals surface area (Å²) < 4.78 is 5.52. The van der Waals surface area contributed by atoms with Crippen molar-refractivity contribution in [1.82, 2.24) is 0 Å². The van der Waals surface area contributed by atoms with Crippen LogP contribution in [0.25, 0.3) is 0 Å². The number of carbonyl (C=O) groups is 1. The second kappa shape index (κ2) is 3.99. The van der Waals surface area contributed by atoms with Gasteiger partial charge in [0.25, 0.3) is 0 Å². The second-order valence-corrected chi connectivity index (χ2v) is 7.18. The van der Waals surface area contributed by atoms with Crippen molar-refractivity contribution in [3.8, 4) is 0 Å². The lowest BCUT2D eigenvalue weighted by molar-refractivity contribution is -0.157. The van der Waals surface area contributed by atoms with E-state index in [1.54, 1.807) is 0 Å². The molecular weight excluding hydrogens is 260 g/mol. The van der Waals surface area contributed by atoms with E-state index in [4.69, 9.17) is 16.3 Å². The lowest BCUT2D eigenvalue weighted by atomic mass is 9.95. The molecule has 1 aromatic rings. The topological polar surface area (TPSA) is 26.3 Å². The molecule has 1 fully saturated rings. The second-order valence-electron chi connectivity index (χ2n) is 6.75. The van der Waals surface area contributed by atoms with Crippen LogP contribution in [0.4, 0.5) is 0 Å². The summed E-state index contributed by atoms with van der Waals surface area (Å²) in [5.41, 5.74) is 2.23. The lowest BCUT2D eigenvalue weighted by Crippen LogP contribution is -2.26. The Bertz CT molecular complexity index is 544. The molecule has 1 aromatic carbocycles. The third-order valence-electron chi connectivity index (χ3n) is 4.22. The van der Waals surface area contributed by atoms with E-state index in [9.17, 15) is 4.79 Å². The Hall–Kier alpha value is -1.02. The molecule has 2 aliphatic carbocycles. The molecule has 0 N–H and O–H groups in total. The number of aryl methyl sites for hydroxylation is 1. The first-order chi connectivity index (χ1) is 8.82. The van der Waals surface area contributed by atoms with E-state index in [0.717, 1.165) is 24.3 Å². The van der Waals surface area contributed by atoms with E-state index >= 15 is 0 Å². The number of ether oxygens (including phenoxy) is 1. The first-order valence-corrected chi connectivity index (χ1v) is 7.21.